The molecule has 0 bridgehead atoms. The van der Waals surface area contributed by atoms with Crippen molar-refractivity contribution >= 4 is 23.7 Å². The monoisotopic (exact) mass is 275 g/mol. The van der Waals surface area contributed by atoms with Gasteiger partial charge in [-0.3, -0.25) is 19.2 Å². The normalized spacial score (nSPS) is 13.1. The van der Waals surface area contributed by atoms with E-state index in [2.05, 4.69) is 14.2 Å². The lowest BCUT2D eigenvalue weighted by molar-refractivity contribution is -0.152. The molecule has 19 heavy (non-hydrogen) atoms. The standard InChI is InChI=1S/C11H17NO7/c1-17-8(14)4-6(12)10(11(16)19-3)7(13)5-9(15)18-2/h6,10H,4-5,12H2,1-3H3. The van der Waals surface area contributed by atoms with E-state index in [4.69, 9.17) is 5.73 Å². The largest absolute Gasteiger partial charge is 0.469 e. The first-order valence-electron chi connectivity index (χ1n) is 5.37. The molecule has 0 aliphatic rings. The fourth-order valence-electron chi connectivity index (χ4n) is 1.39. The third-order valence-electron chi connectivity index (χ3n) is 2.41. The minimum absolute atomic E-state index is 0.344. The topological polar surface area (TPSA) is 122 Å². The van der Waals surface area contributed by atoms with Gasteiger partial charge < -0.3 is 19.9 Å². The zero-order valence-electron chi connectivity index (χ0n) is 11.0. The van der Waals surface area contributed by atoms with Crippen molar-refractivity contribution in [1.82, 2.24) is 0 Å². The lowest BCUT2D eigenvalue weighted by Gasteiger charge is -2.19. The Labute approximate surface area is 110 Å². The van der Waals surface area contributed by atoms with Crippen LogP contribution in [0.4, 0.5) is 0 Å². The number of rotatable bonds is 7. The maximum atomic E-state index is 11.8. The Morgan fingerprint density at radius 2 is 1.47 bits per heavy atom. The first-order valence-corrected chi connectivity index (χ1v) is 5.37. The smallest absolute Gasteiger partial charge is 0.317 e. The predicted octanol–water partition coefficient (Wildman–Crippen LogP) is -1.20. The van der Waals surface area contributed by atoms with Crippen LogP contribution < -0.4 is 5.73 Å². The summed E-state index contributed by atoms with van der Waals surface area (Å²) in [6.07, 6.45) is -0.964. The summed E-state index contributed by atoms with van der Waals surface area (Å²) < 4.78 is 13.2. The first-order chi connectivity index (χ1) is 8.87. The summed E-state index contributed by atoms with van der Waals surface area (Å²) in [4.78, 5) is 45.4. The van der Waals surface area contributed by atoms with Crippen molar-refractivity contribution in [1.29, 1.82) is 0 Å². The van der Waals surface area contributed by atoms with E-state index in [-0.39, 0.29) is 6.42 Å². The summed E-state index contributed by atoms with van der Waals surface area (Å²) >= 11 is 0. The van der Waals surface area contributed by atoms with Crippen molar-refractivity contribution in [2.24, 2.45) is 11.7 Å². The van der Waals surface area contributed by atoms with Crippen molar-refractivity contribution < 1.29 is 33.4 Å². The number of ether oxygens (including phenoxy) is 3. The van der Waals surface area contributed by atoms with E-state index in [0.717, 1.165) is 21.3 Å². The Hall–Kier alpha value is -1.96. The molecule has 0 aromatic heterocycles. The van der Waals surface area contributed by atoms with E-state index >= 15 is 0 Å². The van der Waals surface area contributed by atoms with Gasteiger partial charge in [-0.05, 0) is 0 Å². The molecule has 0 saturated carbocycles. The Balaban J connectivity index is 4.89. The first kappa shape index (κ1) is 17.0. The second-order valence-corrected chi connectivity index (χ2v) is 3.66. The second kappa shape index (κ2) is 8.20. The fourth-order valence-corrected chi connectivity index (χ4v) is 1.39. The van der Waals surface area contributed by atoms with Gasteiger partial charge in [-0.1, -0.05) is 0 Å². The highest BCUT2D eigenvalue weighted by molar-refractivity contribution is 6.06. The molecule has 2 atom stereocenters. The molecule has 0 saturated heterocycles. The van der Waals surface area contributed by atoms with E-state index in [1.165, 1.54) is 0 Å². The number of carbonyl (C=O) groups excluding carboxylic acids is 4. The molecule has 8 nitrogen and oxygen atoms in total. The average Bonchev–Trinajstić information content (AvgIpc) is 2.37. The fraction of sp³-hybridized carbons (Fsp3) is 0.636. The minimum atomic E-state index is -1.41. The molecule has 0 heterocycles. The highest BCUT2D eigenvalue weighted by Gasteiger charge is 2.35. The lowest BCUT2D eigenvalue weighted by atomic mass is 9.91. The van der Waals surface area contributed by atoms with E-state index in [9.17, 15) is 19.2 Å². The van der Waals surface area contributed by atoms with Crippen molar-refractivity contribution in [3.8, 4) is 0 Å². The molecular formula is C11H17NO7. The number of hydrogen-bond donors (Lipinski definition) is 1. The van der Waals surface area contributed by atoms with Gasteiger partial charge in [-0.2, -0.15) is 0 Å². The highest BCUT2D eigenvalue weighted by atomic mass is 16.5. The maximum Gasteiger partial charge on any atom is 0.317 e. The van der Waals surface area contributed by atoms with E-state index in [1.54, 1.807) is 0 Å². The van der Waals surface area contributed by atoms with Crippen molar-refractivity contribution in [3.63, 3.8) is 0 Å². The van der Waals surface area contributed by atoms with Gasteiger partial charge in [0.2, 0.25) is 0 Å². The molecule has 0 aromatic carbocycles. The summed E-state index contributed by atoms with van der Waals surface area (Å²) in [7, 11) is 3.33. The summed E-state index contributed by atoms with van der Waals surface area (Å²) in [6.45, 7) is 0. The van der Waals surface area contributed by atoms with E-state index in [1.807, 2.05) is 0 Å². The molecule has 0 fully saturated rings. The number of nitrogens with two attached hydrogens (primary N) is 1. The van der Waals surface area contributed by atoms with E-state index < -0.39 is 42.1 Å². The molecule has 0 aliphatic heterocycles. The molecule has 0 amide bonds. The van der Waals surface area contributed by atoms with Gasteiger partial charge in [0.25, 0.3) is 0 Å². The minimum Gasteiger partial charge on any atom is -0.469 e. The van der Waals surface area contributed by atoms with Crippen LogP contribution in [0.5, 0.6) is 0 Å². The van der Waals surface area contributed by atoms with Crippen LogP contribution in [0.25, 0.3) is 0 Å². The zero-order chi connectivity index (χ0) is 15.0. The molecule has 2 unspecified atom stereocenters. The van der Waals surface area contributed by atoms with Crippen LogP contribution in [-0.2, 0) is 33.4 Å². The molecule has 2 N–H and O–H groups in total. The molecule has 108 valence electrons. The zero-order valence-corrected chi connectivity index (χ0v) is 11.0. The summed E-state index contributed by atoms with van der Waals surface area (Å²) in [5, 5.41) is 0. The number of Topliss-reactive ketones (excluding diaryl/α,β-unsaturated/α-hetero) is 1. The number of ketones is 1. The SMILES string of the molecule is COC(=O)CC(=O)C(C(=O)OC)C(N)CC(=O)OC. The van der Waals surface area contributed by atoms with Crippen LogP contribution in [0.1, 0.15) is 12.8 Å². The molecular weight excluding hydrogens is 258 g/mol. The van der Waals surface area contributed by atoms with Crippen molar-refractivity contribution in [2.45, 2.75) is 18.9 Å². The van der Waals surface area contributed by atoms with Crippen LogP contribution in [-0.4, -0.2) is 51.1 Å². The lowest BCUT2D eigenvalue weighted by Crippen LogP contribution is -2.43. The van der Waals surface area contributed by atoms with Gasteiger partial charge in [0.15, 0.2) is 5.78 Å². The molecule has 0 spiro atoms. The molecule has 8 heteroatoms. The Kier molecular flexibility index (Phi) is 7.35. The highest BCUT2D eigenvalue weighted by Crippen LogP contribution is 2.13. The molecule has 0 radical (unpaired) electrons. The molecule has 0 rings (SSSR count). The third kappa shape index (κ3) is 5.47. The quantitative estimate of drug-likeness (QED) is 0.349. The van der Waals surface area contributed by atoms with Crippen LogP contribution in [0.2, 0.25) is 0 Å². The van der Waals surface area contributed by atoms with Gasteiger partial charge in [-0.15, -0.1) is 0 Å². The predicted molar refractivity (Wildman–Crippen MR) is 61.8 cm³/mol. The van der Waals surface area contributed by atoms with Crippen molar-refractivity contribution in [3.05, 3.63) is 0 Å². The summed E-state index contributed by atoms with van der Waals surface area (Å²) in [5.41, 5.74) is 5.61. The number of hydrogen-bond acceptors (Lipinski definition) is 8. The third-order valence-corrected chi connectivity index (χ3v) is 2.41. The number of carbonyl (C=O) groups is 4. The van der Waals surface area contributed by atoms with Gasteiger partial charge >= 0.3 is 17.9 Å². The Bertz CT molecular complexity index is 366. The van der Waals surface area contributed by atoms with Crippen LogP contribution in [0.15, 0.2) is 0 Å². The van der Waals surface area contributed by atoms with Gasteiger partial charge in [0.1, 0.15) is 12.3 Å². The summed E-state index contributed by atoms with van der Waals surface area (Å²) in [6, 6.07) is -1.13. The average molecular weight is 275 g/mol. The maximum absolute atomic E-state index is 11.8. The summed E-state index contributed by atoms with van der Waals surface area (Å²) in [5.74, 6) is -4.57. The van der Waals surface area contributed by atoms with Gasteiger partial charge in [0, 0.05) is 6.04 Å². The van der Waals surface area contributed by atoms with Crippen LogP contribution in [0, 0.1) is 5.92 Å². The number of methoxy groups -OCH3 is 3. The van der Waals surface area contributed by atoms with Crippen LogP contribution >= 0.6 is 0 Å². The molecule has 0 aliphatic carbocycles. The molecule has 0 aromatic rings. The second-order valence-electron chi connectivity index (χ2n) is 3.66. The van der Waals surface area contributed by atoms with Gasteiger partial charge in [0.05, 0.1) is 27.8 Å². The number of esters is 3. The van der Waals surface area contributed by atoms with Gasteiger partial charge in [-0.25, -0.2) is 0 Å². The Morgan fingerprint density at radius 1 is 0.947 bits per heavy atom. The Morgan fingerprint density at radius 3 is 1.89 bits per heavy atom. The van der Waals surface area contributed by atoms with Crippen molar-refractivity contribution in [2.75, 3.05) is 21.3 Å². The van der Waals surface area contributed by atoms with E-state index in [0.29, 0.717) is 0 Å². The van der Waals surface area contributed by atoms with Crippen LogP contribution in [0.3, 0.4) is 0 Å².